The number of urea groups is 1. The number of nitrogens with two attached hydrogens (primary N) is 1. The summed E-state index contributed by atoms with van der Waals surface area (Å²) < 4.78 is 29.5. The number of amides is 8. The van der Waals surface area contributed by atoms with Crippen molar-refractivity contribution in [1.82, 2.24) is 35.7 Å². The first-order chi connectivity index (χ1) is 46.4. The van der Waals surface area contributed by atoms with Crippen LogP contribution in [0.3, 0.4) is 0 Å². The van der Waals surface area contributed by atoms with Gasteiger partial charge in [0.15, 0.2) is 17.3 Å². The van der Waals surface area contributed by atoms with E-state index in [2.05, 4.69) is 31.2 Å². The molecule has 4 heterocycles. The third-order valence-corrected chi connectivity index (χ3v) is 21.9. The Kier molecular flexibility index (Phi) is 21.7. The highest BCUT2D eigenvalue weighted by Crippen LogP contribution is 3.01. The number of alkyl halides is 2. The van der Waals surface area contributed by atoms with Gasteiger partial charge in [0.1, 0.15) is 12.4 Å². The first-order valence-electron chi connectivity index (χ1n) is 33.0. The van der Waals surface area contributed by atoms with Gasteiger partial charge in [0.2, 0.25) is 29.5 Å². The molecule has 8 amide bonds. The van der Waals surface area contributed by atoms with Gasteiger partial charge in [0, 0.05) is 155 Å². The van der Waals surface area contributed by atoms with Gasteiger partial charge < -0.3 is 75.4 Å². The number of likely N-dealkylation sites (N-methyl/N-ethyl adjacent to an activating group) is 2. The SMILES string of the molecule is CC(=O)CC(CCCCNC(C)=O)C(=O)NC(C(=O)CC(CCCNC(N)=O)C(=O)Nc1ccc(COC(=O)N(C)CCN(C)C(=S)Oc2cc3c(c4c(C)c[nH]c24)C(CCl)CN3C(=O)C23CC4(C(=O)N5CC(CCl)c6c5cc(OP(=O)(O)O)c5[nH]cc(C)c65)CC24C3)cc1)C(C)C. The number of aromatic nitrogens is 2. The Hall–Kier alpha value is -7.81. The third-order valence-electron chi connectivity index (χ3n) is 20.4. The summed E-state index contributed by atoms with van der Waals surface area (Å²) in [5, 5.41) is 12.6. The van der Waals surface area contributed by atoms with Crippen molar-refractivity contribution >= 4 is 141 Å². The number of hydrogen-bond donors (Lipinski definition) is 9. The van der Waals surface area contributed by atoms with Crippen LogP contribution >= 0.6 is 43.2 Å². The van der Waals surface area contributed by atoms with Crippen molar-refractivity contribution in [2.24, 2.45) is 39.7 Å². The fraction of sp³-hybridized carbons (Fsp3) is 0.529. The molecule has 3 aromatic carbocycles. The number of ether oxygens (including phenoxy) is 2. The molecule has 3 fully saturated rings. The van der Waals surface area contributed by atoms with Crippen LogP contribution in [-0.2, 0) is 49.5 Å². The van der Waals surface area contributed by atoms with Crippen LogP contribution in [0.4, 0.5) is 26.7 Å². The lowest BCUT2D eigenvalue weighted by molar-refractivity contribution is -0.134. The number of primary amides is 1. The minimum Gasteiger partial charge on any atom is -0.445 e. The maximum Gasteiger partial charge on any atom is 0.524 e. The van der Waals surface area contributed by atoms with Crippen LogP contribution in [-0.4, -0.2) is 159 Å². The van der Waals surface area contributed by atoms with E-state index in [1.807, 2.05) is 26.1 Å². The van der Waals surface area contributed by atoms with E-state index in [9.17, 15) is 52.7 Å². The summed E-state index contributed by atoms with van der Waals surface area (Å²) in [4.78, 5) is 153. The Balaban J connectivity index is 0.732. The number of unbranched alkanes of at least 4 members (excludes halogenated alkanes) is 1. The molecule has 98 heavy (non-hydrogen) atoms. The van der Waals surface area contributed by atoms with E-state index in [1.165, 1.54) is 24.8 Å². The molecule has 5 aliphatic rings. The maximum atomic E-state index is 15.2. The Morgan fingerprint density at radius 2 is 1.30 bits per heavy atom. The Labute approximate surface area is 583 Å². The molecule has 3 aliphatic carbocycles. The molecule has 0 bridgehead atoms. The quantitative estimate of drug-likeness (QED) is 0.00865. The molecule has 26 nitrogen and oxygen atoms in total. The van der Waals surface area contributed by atoms with Crippen molar-refractivity contribution in [3.05, 3.63) is 76.6 Å². The number of rotatable bonds is 31. The summed E-state index contributed by atoms with van der Waals surface area (Å²) in [6, 6.07) is 8.24. The molecule has 528 valence electrons. The summed E-state index contributed by atoms with van der Waals surface area (Å²) in [7, 11) is -1.68. The van der Waals surface area contributed by atoms with E-state index < -0.39 is 65.9 Å². The number of hydrogen-bond acceptors (Lipinski definition) is 14. The molecule has 8 unspecified atom stereocenters. The van der Waals surface area contributed by atoms with Gasteiger partial charge in [0.25, 0.3) is 5.17 Å². The molecule has 10 rings (SSSR count). The van der Waals surface area contributed by atoms with Crippen LogP contribution in [0.2, 0.25) is 0 Å². The number of Topliss-reactive ketones (excluding diaryl/α,β-unsaturated/α-hetero) is 2. The Bertz CT molecular complexity index is 4070. The summed E-state index contributed by atoms with van der Waals surface area (Å²) in [5.41, 5.74) is 9.79. The fourth-order valence-electron chi connectivity index (χ4n) is 15.3. The average Bonchev–Trinajstić information content (AvgIpc) is 1.40. The van der Waals surface area contributed by atoms with Gasteiger partial charge in [0.05, 0.1) is 39.3 Å². The van der Waals surface area contributed by atoms with Gasteiger partial charge in [-0.3, -0.25) is 38.6 Å². The standard InChI is InChI=1S/C68H86Cl2N11O15PS/c1-36(2)56(77-60(86)42(22-39(5)82)12-9-10-18-72-40(6)83)49(84)23-43(13-11-19-73-63(71)89)59(85)76-46-16-14-41(15-17-46)32-94-64(90)78(7)20-21-79(8)65(98)95-50-24-47-54(52-37(3)28-74-57(50)52)44(26-69)30-80(47)61(87)66-33-67(35-68(66,67)34-66)62(88)81-31-45(27-70)55-48(81)25-51(96-97(91,92)93)58-53(55)38(4)29-75-58/h14-17,24-25,28-29,36,42-45,56,74-75H,9-13,18-23,26-27,30-35H2,1-8H3,(H,72,83)(H,76,85)(H,77,86)(H3,71,73,89)(H2,91,92,93). The van der Waals surface area contributed by atoms with Crippen LogP contribution in [0.15, 0.2) is 48.8 Å². The second kappa shape index (κ2) is 29.2. The lowest BCUT2D eigenvalue weighted by Crippen LogP contribution is -2.49. The molecule has 10 N–H and O–H groups in total. The van der Waals surface area contributed by atoms with E-state index in [0.29, 0.717) is 103 Å². The topological polar surface area (TPSA) is 358 Å². The van der Waals surface area contributed by atoms with Crippen LogP contribution in [0.25, 0.3) is 21.8 Å². The first kappa shape index (κ1) is 72.9. The molecule has 5 aromatic rings. The molecule has 2 aliphatic heterocycles. The van der Waals surface area contributed by atoms with E-state index in [4.69, 9.17) is 55.2 Å². The van der Waals surface area contributed by atoms with Crippen LogP contribution in [0, 0.1) is 47.8 Å². The Morgan fingerprint density at radius 3 is 1.83 bits per heavy atom. The summed E-state index contributed by atoms with van der Waals surface area (Å²) in [6.07, 6.45) is 6.15. The number of carbonyl (C=O) groups excluding carboxylic acids is 9. The van der Waals surface area contributed by atoms with Crippen LogP contribution in [0.1, 0.15) is 132 Å². The van der Waals surface area contributed by atoms with Crippen LogP contribution in [0.5, 0.6) is 11.5 Å². The number of aryl methyl sites for hydroxylation is 2. The lowest BCUT2D eigenvalue weighted by atomic mass is 9.72. The Morgan fingerprint density at radius 1 is 0.755 bits per heavy atom. The van der Waals surface area contributed by atoms with E-state index in [-0.39, 0.29) is 122 Å². The first-order valence-corrected chi connectivity index (χ1v) is 36.0. The van der Waals surface area contributed by atoms with Crippen molar-refractivity contribution in [1.29, 1.82) is 0 Å². The molecule has 0 radical (unpaired) electrons. The van der Waals surface area contributed by atoms with Gasteiger partial charge >= 0.3 is 19.9 Å². The largest absolute Gasteiger partial charge is 0.524 e. The van der Waals surface area contributed by atoms with E-state index >= 15 is 4.79 Å². The highest BCUT2D eigenvalue weighted by Gasteiger charge is 3.01. The predicted molar refractivity (Wildman–Crippen MR) is 373 cm³/mol. The van der Waals surface area contributed by atoms with Crippen molar-refractivity contribution in [3.63, 3.8) is 0 Å². The molecule has 0 saturated heterocycles. The third kappa shape index (κ3) is 14.6. The van der Waals surface area contributed by atoms with Gasteiger partial charge in [-0.2, -0.15) is 0 Å². The highest BCUT2D eigenvalue weighted by atomic mass is 35.5. The number of phosphoric ester groups is 1. The number of aromatic amines is 2. The fourth-order valence-corrected chi connectivity index (χ4v) is 16.4. The number of ketones is 2. The number of fused-ring (bicyclic) bond motifs is 6. The molecule has 30 heteroatoms. The number of H-pyrrole nitrogens is 2. The molecule has 2 aromatic heterocycles. The average molecular weight is 1430 g/mol. The number of benzene rings is 3. The zero-order chi connectivity index (χ0) is 71.1. The molecular weight excluding hydrogens is 1340 g/mol. The number of nitrogens with one attached hydrogen (secondary N) is 6. The molecule has 8 atom stereocenters. The number of thiocarbonyl (C=S) groups is 1. The molecule has 3 saturated carbocycles. The summed E-state index contributed by atoms with van der Waals surface area (Å²) in [6.45, 7) is 11.7. The number of halogens is 2. The second-order valence-corrected chi connectivity index (χ2v) is 29.6. The zero-order valence-electron chi connectivity index (χ0n) is 56.2. The van der Waals surface area contributed by atoms with Gasteiger partial charge in [-0.1, -0.05) is 32.4 Å². The molecular formula is C68H86Cl2N11O15PS. The van der Waals surface area contributed by atoms with Gasteiger partial charge in [-0.25, -0.2) is 14.2 Å². The normalized spacial score (nSPS) is 20.9. The smallest absolute Gasteiger partial charge is 0.445 e. The highest BCUT2D eigenvalue weighted by molar-refractivity contribution is 7.80. The number of carbonyl (C=O) groups is 9. The van der Waals surface area contributed by atoms with E-state index in [1.54, 1.807) is 73.1 Å². The van der Waals surface area contributed by atoms with Crippen molar-refractivity contribution in [2.75, 3.05) is 80.2 Å². The van der Waals surface area contributed by atoms with E-state index in [0.717, 1.165) is 27.6 Å². The number of nitrogens with zero attached hydrogens (tertiary/aromatic N) is 4. The maximum absolute atomic E-state index is 15.2. The van der Waals surface area contributed by atoms with Crippen LogP contribution < -0.4 is 46.1 Å². The monoisotopic (exact) mass is 1430 g/mol. The summed E-state index contributed by atoms with van der Waals surface area (Å²) >= 11 is 19.2. The zero-order valence-corrected chi connectivity index (χ0v) is 59.4. The van der Waals surface area contributed by atoms with Crippen molar-refractivity contribution < 1.29 is 71.5 Å². The minimum absolute atomic E-state index is 0.0164. The van der Waals surface area contributed by atoms with Crippen molar-refractivity contribution in [3.8, 4) is 11.5 Å². The predicted octanol–water partition coefficient (Wildman–Crippen LogP) is 8.82. The number of phosphoric acid groups is 1. The second-order valence-electron chi connectivity index (χ2n) is 27.5. The minimum atomic E-state index is -4.99. The summed E-state index contributed by atoms with van der Waals surface area (Å²) in [5.74, 6) is -3.56. The number of anilines is 3. The lowest BCUT2D eigenvalue weighted by Gasteiger charge is -2.37. The van der Waals surface area contributed by atoms with Crippen molar-refractivity contribution in [2.45, 2.75) is 130 Å². The van der Waals surface area contributed by atoms with Gasteiger partial charge in [-0.15, -0.1) is 23.2 Å². The van der Waals surface area contributed by atoms with Gasteiger partial charge in [-0.05, 0) is 124 Å². The molecule has 1 spiro atoms.